The second-order valence-electron chi connectivity index (χ2n) is 4.08. The maximum absolute atomic E-state index is 11.5. The van der Waals surface area contributed by atoms with Gasteiger partial charge in [-0.3, -0.25) is 0 Å². The first-order chi connectivity index (χ1) is 7.96. The van der Waals surface area contributed by atoms with Crippen LogP contribution in [0.15, 0.2) is 16.7 Å². The van der Waals surface area contributed by atoms with Crippen molar-refractivity contribution in [3.8, 4) is 0 Å². The van der Waals surface area contributed by atoms with E-state index in [9.17, 15) is 8.42 Å². The van der Waals surface area contributed by atoms with Crippen molar-refractivity contribution in [2.45, 2.75) is 18.9 Å². The summed E-state index contributed by atoms with van der Waals surface area (Å²) in [7, 11) is -2.90. The third-order valence-electron chi connectivity index (χ3n) is 2.61. The summed E-state index contributed by atoms with van der Waals surface area (Å²) in [6.07, 6.45) is 3.08. The molecule has 0 amide bonds. The summed E-state index contributed by atoms with van der Waals surface area (Å²) in [6.45, 7) is 0. The summed E-state index contributed by atoms with van der Waals surface area (Å²) in [6, 6.07) is 1.66. The van der Waals surface area contributed by atoms with Crippen molar-refractivity contribution in [1.82, 2.24) is 4.98 Å². The Labute approximate surface area is 114 Å². The monoisotopic (exact) mass is 338 g/mol. The number of pyridine rings is 1. The lowest BCUT2D eigenvalue weighted by molar-refractivity contribution is 0.561. The molecule has 1 aliphatic heterocycles. The molecule has 2 heterocycles. The van der Waals surface area contributed by atoms with Gasteiger partial charge in [0.25, 0.3) is 0 Å². The molecule has 0 aliphatic carbocycles. The first kappa shape index (κ1) is 13.1. The Bertz CT molecular complexity index is 521. The Hall–Kier alpha value is -0.330. The van der Waals surface area contributed by atoms with Gasteiger partial charge in [0, 0.05) is 12.2 Å². The molecule has 0 bridgehead atoms. The SMILES string of the molecule is O=S1(=O)CCCC(Nc2ncc(Cl)cc2Br)C1. The van der Waals surface area contributed by atoms with Crippen LogP contribution in [0.1, 0.15) is 12.8 Å². The van der Waals surface area contributed by atoms with Gasteiger partial charge in [0.15, 0.2) is 9.84 Å². The number of anilines is 1. The number of aromatic nitrogens is 1. The van der Waals surface area contributed by atoms with Crippen LogP contribution in [0.25, 0.3) is 0 Å². The van der Waals surface area contributed by atoms with E-state index >= 15 is 0 Å². The van der Waals surface area contributed by atoms with Crippen LogP contribution in [0.3, 0.4) is 0 Å². The van der Waals surface area contributed by atoms with Gasteiger partial charge in [-0.25, -0.2) is 13.4 Å². The third kappa shape index (κ3) is 3.56. The highest BCUT2D eigenvalue weighted by Crippen LogP contribution is 2.25. The Kier molecular flexibility index (Phi) is 3.95. The molecule has 17 heavy (non-hydrogen) atoms. The smallest absolute Gasteiger partial charge is 0.152 e. The molecule has 1 atom stereocenters. The molecule has 1 unspecified atom stereocenters. The molecular formula is C10H12BrClN2O2S. The summed E-state index contributed by atoms with van der Waals surface area (Å²) in [5, 5.41) is 3.68. The molecule has 1 aromatic heterocycles. The number of sulfone groups is 1. The van der Waals surface area contributed by atoms with Gasteiger partial charge in [-0.15, -0.1) is 0 Å². The lowest BCUT2D eigenvalue weighted by Gasteiger charge is -2.23. The molecule has 1 fully saturated rings. The quantitative estimate of drug-likeness (QED) is 0.899. The summed E-state index contributed by atoms with van der Waals surface area (Å²) in [5.74, 6) is 1.10. The predicted octanol–water partition coefficient (Wildman–Crippen LogP) is 2.49. The summed E-state index contributed by atoms with van der Waals surface area (Å²) >= 11 is 9.13. The minimum atomic E-state index is -2.90. The molecule has 0 saturated carbocycles. The zero-order valence-corrected chi connectivity index (χ0v) is 12.1. The second-order valence-corrected chi connectivity index (χ2v) is 7.60. The van der Waals surface area contributed by atoms with Gasteiger partial charge in [0.1, 0.15) is 5.82 Å². The molecule has 1 aliphatic rings. The molecule has 0 radical (unpaired) electrons. The molecule has 0 spiro atoms. The lowest BCUT2D eigenvalue weighted by Crippen LogP contribution is -2.35. The van der Waals surface area contributed by atoms with Gasteiger partial charge < -0.3 is 5.32 Å². The number of halogens is 2. The van der Waals surface area contributed by atoms with E-state index in [1.807, 2.05) is 0 Å². The lowest BCUT2D eigenvalue weighted by atomic mass is 10.2. The van der Waals surface area contributed by atoms with E-state index in [4.69, 9.17) is 11.6 Å². The molecule has 1 N–H and O–H groups in total. The number of hydrogen-bond donors (Lipinski definition) is 1. The zero-order chi connectivity index (χ0) is 12.5. The maximum atomic E-state index is 11.5. The highest BCUT2D eigenvalue weighted by Gasteiger charge is 2.25. The molecule has 7 heteroatoms. The van der Waals surface area contributed by atoms with Crippen LogP contribution in [-0.2, 0) is 9.84 Å². The van der Waals surface area contributed by atoms with Gasteiger partial charge in [0.05, 0.1) is 21.0 Å². The van der Waals surface area contributed by atoms with E-state index in [1.165, 1.54) is 6.20 Å². The Morgan fingerprint density at radius 2 is 2.29 bits per heavy atom. The summed E-state index contributed by atoms with van der Waals surface area (Å²) in [4.78, 5) is 4.13. The van der Waals surface area contributed by atoms with Crippen LogP contribution >= 0.6 is 27.5 Å². The van der Waals surface area contributed by atoms with E-state index in [-0.39, 0.29) is 11.8 Å². The number of rotatable bonds is 2. The molecular weight excluding hydrogens is 328 g/mol. The van der Waals surface area contributed by atoms with Crippen LogP contribution in [-0.4, -0.2) is 30.9 Å². The molecule has 2 rings (SSSR count). The topological polar surface area (TPSA) is 59.1 Å². The summed E-state index contributed by atoms with van der Waals surface area (Å²) < 4.78 is 23.7. The number of nitrogens with zero attached hydrogens (tertiary/aromatic N) is 1. The minimum absolute atomic E-state index is 0.0706. The Balaban J connectivity index is 2.10. The molecule has 94 valence electrons. The fourth-order valence-electron chi connectivity index (χ4n) is 1.85. The number of hydrogen-bond acceptors (Lipinski definition) is 4. The zero-order valence-electron chi connectivity index (χ0n) is 8.99. The highest BCUT2D eigenvalue weighted by atomic mass is 79.9. The molecule has 4 nitrogen and oxygen atoms in total. The van der Waals surface area contributed by atoms with Gasteiger partial charge in [0.2, 0.25) is 0 Å². The standard InChI is InChI=1S/C10H12BrClN2O2S/c11-9-4-7(12)5-13-10(9)14-8-2-1-3-17(15,16)6-8/h4-5,8H,1-3,6H2,(H,13,14). The van der Waals surface area contributed by atoms with Crippen LogP contribution in [0.5, 0.6) is 0 Å². The van der Waals surface area contributed by atoms with Crippen LogP contribution in [0.2, 0.25) is 5.02 Å². The van der Waals surface area contributed by atoms with Gasteiger partial charge in [-0.1, -0.05) is 11.6 Å². The van der Waals surface area contributed by atoms with Gasteiger partial charge in [-0.05, 0) is 34.8 Å². The van der Waals surface area contributed by atoms with Crippen LogP contribution in [0.4, 0.5) is 5.82 Å². The van der Waals surface area contributed by atoms with E-state index < -0.39 is 9.84 Å². The van der Waals surface area contributed by atoms with E-state index in [2.05, 4.69) is 26.2 Å². The van der Waals surface area contributed by atoms with Crippen molar-refractivity contribution in [1.29, 1.82) is 0 Å². The maximum Gasteiger partial charge on any atom is 0.152 e. The molecule has 1 aromatic rings. The van der Waals surface area contributed by atoms with Crippen molar-refractivity contribution in [2.75, 3.05) is 16.8 Å². The van der Waals surface area contributed by atoms with Crippen molar-refractivity contribution in [3.05, 3.63) is 21.8 Å². The Morgan fingerprint density at radius 1 is 1.53 bits per heavy atom. The van der Waals surface area contributed by atoms with Crippen LogP contribution < -0.4 is 5.32 Å². The third-order valence-corrected chi connectivity index (χ3v) is 5.24. The van der Waals surface area contributed by atoms with E-state index in [1.54, 1.807) is 6.07 Å². The molecule has 0 aromatic carbocycles. The van der Waals surface area contributed by atoms with Crippen molar-refractivity contribution >= 4 is 43.2 Å². The Morgan fingerprint density at radius 3 is 2.94 bits per heavy atom. The normalized spacial score (nSPS) is 23.3. The molecule has 1 saturated heterocycles. The van der Waals surface area contributed by atoms with Crippen LogP contribution in [0, 0.1) is 0 Å². The fourth-order valence-corrected chi connectivity index (χ4v) is 4.24. The number of nitrogens with one attached hydrogen (secondary N) is 1. The average Bonchev–Trinajstić information content (AvgIpc) is 2.21. The minimum Gasteiger partial charge on any atom is -0.365 e. The largest absolute Gasteiger partial charge is 0.365 e. The van der Waals surface area contributed by atoms with Crippen molar-refractivity contribution in [2.24, 2.45) is 0 Å². The second kappa shape index (κ2) is 5.12. The fraction of sp³-hybridized carbons (Fsp3) is 0.500. The van der Waals surface area contributed by atoms with E-state index in [0.29, 0.717) is 23.0 Å². The summed E-state index contributed by atoms with van der Waals surface area (Å²) in [5.41, 5.74) is 0. The van der Waals surface area contributed by atoms with Gasteiger partial charge >= 0.3 is 0 Å². The van der Waals surface area contributed by atoms with E-state index in [0.717, 1.165) is 10.9 Å². The predicted molar refractivity (Wildman–Crippen MR) is 72.2 cm³/mol. The van der Waals surface area contributed by atoms with Crippen molar-refractivity contribution in [3.63, 3.8) is 0 Å². The van der Waals surface area contributed by atoms with Gasteiger partial charge in [-0.2, -0.15) is 0 Å². The van der Waals surface area contributed by atoms with Crippen molar-refractivity contribution < 1.29 is 8.42 Å². The first-order valence-corrected chi connectivity index (χ1v) is 8.23. The highest BCUT2D eigenvalue weighted by molar-refractivity contribution is 9.10. The first-order valence-electron chi connectivity index (χ1n) is 5.24. The average molecular weight is 340 g/mol.